The van der Waals surface area contributed by atoms with Crippen LogP contribution < -0.4 is 16.0 Å². The van der Waals surface area contributed by atoms with Crippen LogP contribution in [0.1, 0.15) is 41.4 Å². The van der Waals surface area contributed by atoms with Gasteiger partial charge in [-0.2, -0.15) is 0 Å². The summed E-state index contributed by atoms with van der Waals surface area (Å²) in [6, 6.07) is 12.5. The Hall–Kier alpha value is -2.34. The average molecular weight is 404 g/mol. The number of hydrogen-bond acceptors (Lipinski definition) is 2. The summed E-state index contributed by atoms with van der Waals surface area (Å²) in [6.45, 7) is 6.23. The molecule has 0 aliphatic heterocycles. The normalized spacial score (nSPS) is 11.5. The first-order valence-corrected chi connectivity index (χ1v) is 8.92. The Labute approximate surface area is 156 Å². The molecular formula is C19H22BrN3O2. The van der Waals surface area contributed by atoms with Crippen molar-refractivity contribution >= 4 is 33.6 Å². The average Bonchev–Trinajstić information content (AvgIpc) is 2.57. The number of rotatable bonds is 5. The van der Waals surface area contributed by atoms with Gasteiger partial charge in [0, 0.05) is 22.3 Å². The van der Waals surface area contributed by atoms with Crippen molar-refractivity contribution in [2.75, 3.05) is 11.9 Å². The number of nitrogens with one attached hydrogen (secondary N) is 3. The van der Waals surface area contributed by atoms with Crippen molar-refractivity contribution in [2.45, 2.75) is 26.8 Å². The Morgan fingerprint density at radius 1 is 1.16 bits per heavy atom. The van der Waals surface area contributed by atoms with Crippen molar-refractivity contribution in [1.82, 2.24) is 10.6 Å². The molecule has 3 amide bonds. The maximum Gasteiger partial charge on any atom is 0.319 e. The largest absolute Gasteiger partial charge is 0.352 e. The molecule has 0 aliphatic rings. The standard InChI is InChI=1S/C19H22BrN3O2/c1-4-21-18(24)14-9-10-17(12(2)11-14)23-19(25)22-13(3)15-7-5-6-8-16(15)20/h5-11,13H,4H2,1-3H3,(H,21,24)(H2,22,23,25). The van der Waals surface area contributed by atoms with Gasteiger partial charge in [-0.1, -0.05) is 34.1 Å². The lowest BCUT2D eigenvalue weighted by Gasteiger charge is -2.17. The quantitative estimate of drug-likeness (QED) is 0.692. The van der Waals surface area contributed by atoms with Crippen LogP contribution >= 0.6 is 15.9 Å². The molecule has 0 aliphatic carbocycles. The Kier molecular flexibility index (Phi) is 6.58. The molecule has 132 valence electrons. The van der Waals surface area contributed by atoms with Crippen LogP contribution in [0.2, 0.25) is 0 Å². The third-order valence-electron chi connectivity index (χ3n) is 3.79. The second kappa shape index (κ2) is 8.67. The van der Waals surface area contributed by atoms with E-state index in [0.29, 0.717) is 17.8 Å². The monoisotopic (exact) mass is 403 g/mol. The van der Waals surface area contributed by atoms with Gasteiger partial charge in [0.05, 0.1) is 6.04 Å². The summed E-state index contributed by atoms with van der Waals surface area (Å²) in [6.07, 6.45) is 0. The van der Waals surface area contributed by atoms with Crippen molar-refractivity contribution in [3.8, 4) is 0 Å². The van der Waals surface area contributed by atoms with E-state index in [2.05, 4.69) is 31.9 Å². The molecule has 0 spiro atoms. The van der Waals surface area contributed by atoms with Crippen LogP contribution in [-0.2, 0) is 0 Å². The van der Waals surface area contributed by atoms with Crippen molar-refractivity contribution in [1.29, 1.82) is 0 Å². The highest BCUT2D eigenvalue weighted by atomic mass is 79.9. The Morgan fingerprint density at radius 3 is 2.52 bits per heavy atom. The number of hydrogen-bond donors (Lipinski definition) is 3. The number of halogens is 1. The molecule has 1 atom stereocenters. The number of amides is 3. The first-order valence-electron chi connectivity index (χ1n) is 8.13. The highest BCUT2D eigenvalue weighted by molar-refractivity contribution is 9.10. The van der Waals surface area contributed by atoms with Crippen LogP contribution in [0.4, 0.5) is 10.5 Å². The molecule has 2 aromatic carbocycles. The fraction of sp³-hybridized carbons (Fsp3) is 0.263. The van der Waals surface area contributed by atoms with E-state index in [0.717, 1.165) is 15.6 Å². The zero-order chi connectivity index (χ0) is 18.4. The second-order valence-corrected chi connectivity index (χ2v) is 6.59. The van der Waals surface area contributed by atoms with Gasteiger partial charge in [0.2, 0.25) is 0 Å². The summed E-state index contributed by atoms with van der Waals surface area (Å²) >= 11 is 3.49. The molecule has 0 heterocycles. The molecule has 2 rings (SSSR count). The third kappa shape index (κ3) is 5.06. The molecule has 5 nitrogen and oxygen atoms in total. The van der Waals surface area contributed by atoms with E-state index >= 15 is 0 Å². The number of anilines is 1. The zero-order valence-corrected chi connectivity index (χ0v) is 16.1. The fourth-order valence-corrected chi connectivity index (χ4v) is 3.09. The first kappa shape index (κ1) is 19.0. The minimum Gasteiger partial charge on any atom is -0.352 e. The van der Waals surface area contributed by atoms with Gasteiger partial charge in [-0.05, 0) is 56.2 Å². The van der Waals surface area contributed by atoms with Gasteiger partial charge >= 0.3 is 6.03 Å². The molecular weight excluding hydrogens is 382 g/mol. The molecule has 2 aromatic rings. The van der Waals surface area contributed by atoms with Crippen molar-refractivity contribution in [2.24, 2.45) is 0 Å². The SMILES string of the molecule is CCNC(=O)c1ccc(NC(=O)NC(C)c2ccccc2Br)c(C)c1. The molecule has 6 heteroatoms. The highest BCUT2D eigenvalue weighted by Crippen LogP contribution is 2.23. The summed E-state index contributed by atoms with van der Waals surface area (Å²) < 4.78 is 0.949. The second-order valence-electron chi connectivity index (χ2n) is 5.73. The summed E-state index contributed by atoms with van der Waals surface area (Å²) in [5.74, 6) is -0.121. The van der Waals surface area contributed by atoms with Gasteiger partial charge in [-0.3, -0.25) is 4.79 Å². The number of carbonyl (C=O) groups excluding carboxylic acids is 2. The van der Waals surface area contributed by atoms with Crippen LogP contribution in [0.25, 0.3) is 0 Å². The van der Waals surface area contributed by atoms with E-state index < -0.39 is 0 Å². The summed E-state index contributed by atoms with van der Waals surface area (Å²) in [4.78, 5) is 24.1. The fourth-order valence-electron chi connectivity index (χ4n) is 2.47. The smallest absolute Gasteiger partial charge is 0.319 e. The van der Waals surface area contributed by atoms with Gasteiger partial charge in [-0.25, -0.2) is 4.79 Å². The molecule has 0 saturated carbocycles. The van der Waals surface area contributed by atoms with Crippen LogP contribution in [0.3, 0.4) is 0 Å². The number of benzene rings is 2. The van der Waals surface area contributed by atoms with Crippen LogP contribution in [0.15, 0.2) is 46.9 Å². The van der Waals surface area contributed by atoms with E-state index in [4.69, 9.17) is 0 Å². The van der Waals surface area contributed by atoms with Crippen molar-refractivity contribution < 1.29 is 9.59 Å². The van der Waals surface area contributed by atoms with E-state index in [1.807, 2.05) is 45.0 Å². The Balaban J connectivity index is 2.03. The molecule has 1 unspecified atom stereocenters. The van der Waals surface area contributed by atoms with E-state index in [1.54, 1.807) is 18.2 Å². The Morgan fingerprint density at radius 2 is 1.88 bits per heavy atom. The minimum absolute atomic E-state index is 0.121. The minimum atomic E-state index is -0.294. The molecule has 0 radical (unpaired) electrons. The first-order chi connectivity index (χ1) is 11.9. The van der Waals surface area contributed by atoms with Crippen molar-refractivity contribution in [3.63, 3.8) is 0 Å². The number of urea groups is 1. The third-order valence-corrected chi connectivity index (χ3v) is 4.52. The van der Waals surface area contributed by atoms with Crippen LogP contribution in [0, 0.1) is 6.92 Å². The maximum absolute atomic E-state index is 12.3. The molecule has 0 bridgehead atoms. The van der Waals surface area contributed by atoms with Gasteiger partial charge in [0.25, 0.3) is 5.91 Å². The number of carbonyl (C=O) groups is 2. The molecule has 0 saturated heterocycles. The lowest BCUT2D eigenvalue weighted by Crippen LogP contribution is -2.31. The molecule has 0 fully saturated rings. The summed E-state index contributed by atoms with van der Waals surface area (Å²) in [5.41, 5.74) is 3.07. The van der Waals surface area contributed by atoms with Gasteiger partial charge in [0.15, 0.2) is 0 Å². The predicted octanol–water partition coefficient (Wildman–Crippen LogP) is 4.39. The number of aryl methyl sites for hydroxylation is 1. The summed E-state index contributed by atoms with van der Waals surface area (Å²) in [5, 5.41) is 8.50. The van der Waals surface area contributed by atoms with Crippen molar-refractivity contribution in [3.05, 3.63) is 63.6 Å². The molecule has 3 N–H and O–H groups in total. The van der Waals surface area contributed by atoms with Gasteiger partial charge < -0.3 is 16.0 Å². The predicted molar refractivity (Wildman–Crippen MR) is 104 cm³/mol. The highest BCUT2D eigenvalue weighted by Gasteiger charge is 2.13. The van der Waals surface area contributed by atoms with E-state index in [1.165, 1.54) is 0 Å². The van der Waals surface area contributed by atoms with Crippen LogP contribution in [0.5, 0.6) is 0 Å². The van der Waals surface area contributed by atoms with E-state index in [-0.39, 0.29) is 18.0 Å². The van der Waals surface area contributed by atoms with Gasteiger partial charge in [0.1, 0.15) is 0 Å². The van der Waals surface area contributed by atoms with E-state index in [9.17, 15) is 9.59 Å². The zero-order valence-electron chi connectivity index (χ0n) is 14.5. The van der Waals surface area contributed by atoms with Gasteiger partial charge in [-0.15, -0.1) is 0 Å². The maximum atomic E-state index is 12.3. The lowest BCUT2D eigenvalue weighted by molar-refractivity contribution is 0.0955. The van der Waals surface area contributed by atoms with Crippen LogP contribution in [-0.4, -0.2) is 18.5 Å². The summed E-state index contributed by atoms with van der Waals surface area (Å²) in [7, 11) is 0. The molecule has 25 heavy (non-hydrogen) atoms. The topological polar surface area (TPSA) is 70.2 Å². The molecule has 0 aromatic heterocycles. The lowest BCUT2D eigenvalue weighted by atomic mass is 10.1. The Bertz CT molecular complexity index is 777.